The van der Waals surface area contributed by atoms with E-state index in [9.17, 15) is 0 Å². The molecule has 82 valence electrons. The summed E-state index contributed by atoms with van der Waals surface area (Å²) < 4.78 is 0. The molecule has 2 fully saturated rings. The van der Waals surface area contributed by atoms with E-state index in [0.29, 0.717) is 0 Å². The molecule has 2 N–H and O–H groups in total. The lowest BCUT2D eigenvalue weighted by Gasteiger charge is -2.24. The van der Waals surface area contributed by atoms with Crippen molar-refractivity contribution in [2.45, 2.75) is 13.3 Å². The molecule has 2 rings (SSSR count). The van der Waals surface area contributed by atoms with Crippen molar-refractivity contribution in [3.05, 3.63) is 0 Å². The van der Waals surface area contributed by atoms with Gasteiger partial charge in [-0.05, 0) is 37.9 Å². The van der Waals surface area contributed by atoms with Crippen LogP contribution in [0.2, 0.25) is 0 Å². The van der Waals surface area contributed by atoms with Crippen molar-refractivity contribution in [3.63, 3.8) is 0 Å². The third-order valence-corrected chi connectivity index (χ3v) is 3.35. The molecule has 2 heterocycles. The van der Waals surface area contributed by atoms with Crippen molar-refractivity contribution >= 4 is 0 Å². The predicted octanol–water partition coefficient (Wildman–Crippen LogP) is 0.137. The third-order valence-electron chi connectivity index (χ3n) is 3.35. The second-order valence-electron chi connectivity index (χ2n) is 4.93. The number of nitrogens with one attached hydrogen (secondary N) is 2. The van der Waals surface area contributed by atoms with Gasteiger partial charge in [-0.1, -0.05) is 6.92 Å². The second-order valence-corrected chi connectivity index (χ2v) is 4.93. The van der Waals surface area contributed by atoms with E-state index < -0.39 is 0 Å². The van der Waals surface area contributed by atoms with Crippen LogP contribution in [0.4, 0.5) is 0 Å². The topological polar surface area (TPSA) is 27.3 Å². The molecule has 14 heavy (non-hydrogen) atoms. The first kappa shape index (κ1) is 10.4. The maximum atomic E-state index is 3.49. The standard InChI is InChI=1S/C11H23N3/c1-10-6-13-4-5-14(8-10)9-11-2-3-12-7-11/h10-13H,2-9H2,1H3. The summed E-state index contributed by atoms with van der Waals surface area (Å²) in [6.45, 7) is 11.0. The molecule has 3 heteroatoms. The molecule has 0 saturated carbocycles. The van der Waals surface area contributed by atoms with E-state index in [2.05, 4.69) is 22.5 Å². The molecule has 2 saturated heterocycles. The van der Waals surface area contributed by atoms with Gasteiger partial charge in [-0.25, -0.2) is 0 Å². The summed E-state index contributed by atoms with van der Waals surface area (Å²) in [6.07, 6.45) is 1.37. The predicted molar refractivity (Wildman–Crippen MR) is 59.5 cm³/mol. The molecule has 0 aromatic heterocycles. The molecule has 2 unspecified atom stereocenters. The zero-order valence-corrected chi connectivity index (χ0v) is 9.26. The fourth-order valence-corrected chi connectivity index (χ4v) is 2.58. The van der Waals surface area contributed by atoms with Crippen LogP contribution in [0.1, 0.15) is 13.3 Å². The minimum absolute atomic E-state index is 0.812. The van der Waals surface area contributed by atoms with E-state index in [1.807, 2.05) is 0 Å². The monoisotopic (exact) mass is 197 g/mol. The Labute approximate surface area is 87.2 Å². The zero-order valence-electron chi connectivity index (χ0n) is 9.26. The van der Waals surface area contributed by atoms with Gasteiger partial charge in [0.05, 0.1) is 0 Å². The Kier molecular flexibility index (Phi) is 3.79. The number of hydrogen-bond donors (Lipinski definition) is 2. The van der Waals surface area contributed by atoms with Gasteiger partial charge in [-0.15, -0.1) is 0 Å². The second kappa shape index (κ2) is 5.10. The smallest absolute Gasteiger partial charge is 0.0107 e. The van der Waals surface area contributed by atoms with Crippen LogP contribution in [-0.2, 0) is 0 Å². The summed E-state index contributed by atoms with van der Waals surface area (Å²) in [5.41, 5.74) is 0. The molecule has 0 bridgehead atoms. The van der Waals surface area contributed by atoms with E-state index in [-0.39, 0.29) is 0 Å². The van der Waals surface area contributed by atoms with Gasteiger partial charge in [0.2, 0.25) is 0 Å². The minimum Gasteiger partial charge on any atom is -0.316 e. The Balaban J connectivity index is 1.77. The van der Waals surface area contributed by atoms with Gasteiger partial charge in [0.15, 0.2) is 0 Å². The van der Waals surface area contributed by atoms with Gasteiger partial charge < -0.3 is 15.5 Å². The van der Waals surface area contributed by atoms with Crippen LogP contribution < -0.4 is 10.6 Å². The lowest BCUT2D eigenvalue weighted by Crippen LogP contribution is -2.34. The van der Waals surface area contributed by atoms with Gasteiger partial charge in [-0.3, -0.25) is 0 Å². The van der Waals surface area contributed by atoms with E-state index in [1.165, 1.54) is 52.2 Å². The summed E-state index contributed by atoms with van der Waals surface area (Å²) in [6, 6.07) is 0. The Morgan fingerprint density at radius 3 is 2.86 bits per heavy atom. The van der Waals surface area contributed by atoms with E-state index in [0.717, 1.165) is 11.8 Å². The molecule has 3 nitrogen and oxygen atoms in total. The van der Waals surface area contributed by atoms with Crippen molar-refractivity contribution in [1.82, 2.24) is 15.5 Å². The van der Waals surface area contributed by atoms with Crippen LogP contribution in [0.15, 0.2) is 0 Å². The summed E-state index contributed by atoms with van der Waals surface area (Å²) in [5, 5.41) is 6.94. The highest BCUT2D eigenvalue weighted by Gasteiger charge is 2.20. The van der Waals surface area contributed by atoms with E-state index >= 15 is 0 Å². The maximum absolute atomic E-state index is 3.49. The van der Waals surface area contributed by atoms with Crippen LogP contribution in [-0.4, -0.2) is 50.7 Å². The first-order valence-corrected chi connectivity index (χ1v) is 5.98. The molecule has 0 spiro atoms. The molecule has 0 aliphatic carbocycles. The Bertz CT molecular complexity index is 166. The summed E-state index contributed by atoms with van der Waals surface area (Å²) in [5.74, 6) is 1.71. The number of hydrogen-bond acceptors (Lipinski definition) is 3. The lowest BCUT2D eigenvalue weighted by atomic mass is 10.1. The van der Waals surface area contributed by atoms with Crippen LogP contribution >= 0.6 is 0 Å². The van der Waals surface area contributed by atoms with Gasteiger partial charge in [-0.2, -0.15) is 0 Å². The molecular weight excluding hydrogens is 174 g/mol. The highest BCUT2D eigenvalue weighted by atomic mass is 15.2. The summed E-state index contributed by atoms with van der Waals surface area (Å²) >= 11 is 0. The molecule has 0 radical (unpaired) electrons. The average Bonchev–Trinajstić information content (AvgIpc) is 2.56. The molecule has 0 aromatic rings. The molecule has 2 atom stereocenters. The first-order chi connectivity index (χ1) is 6.84. The summed E-state index contributed by atoms with van der Waals surface area (Å²) in [7, 11) is 0. The van der Waals surface area contributed by atoms with Gasteiger partial charge in [0.1, 0.15) is 0 Å². The lowest BCUT2D eigenvalue weighted by molar-refractivity contribution is 0.230. The highest BCUT2D eigenvalue weighted by Crippen LogP contribution is 2.11. The van der Waals surface area contributed by atoms with Crippen molar-refractivity contribution in [1.29, 1.82) is 0 Å². The van der Waals surface area contributed by atoms with Crippen LogP contribution in [0.3, 0.4) is 0 Å². The van der Waals surface area contributed by atoms with Crippen molar-refractivity contribution in [2.24, 2.45) is 11.8 Å². The Morgan fingerprint density at radius 2 is 2.07 bits per heavy atom. The van der Waals surface area contributed by atoms with Crippen LogP contribution in [0, 0.1) is 11.8 Å². The van der Waals surface area contributed by atoms with Gasteiger partial charge >= 0.3 is 0 Å². The molecule has 2 aliphatic rings. The average molecular weight is 197 g/mol. The quantitative estimate of drug-likeness (QED) is 0.659. The molecule has 0 aromatic carbocycles. The largest absolute Gasteiger partial charge is 0.316 e. The van der Waals surface area contributed by atoms with Crippen molar-refractivity contribution in [3.8, 4) is 0 Å². The molecule has 0 amide bonds. The fourth-order valence-electron chi connectivity index (χ4n) is 2.58. The summed E-state index contributed by atoms with van der Waals surface area (Å²) in [4.78, 5) is 2.64. The van der Waals surface area contributed by atoms with Crippen LogP contribution in [0.25, 0.3) is 0 Å². The van der Waals surface area contributed by atoms with E-state index in [4.69, 9.17) is 0 Å². The SMILES string of the molecule is CC1CNCCN(CC2CCNC2)C1. The number of rotatable bonds is 2. The van der Waals surface area contributed by atoms with Crippen LogP contribution in [0.5, 0.6) is 0 Å². The normalized spacial score (nSPS) is 35.8. The van der Waals surface area contributed by atoms with Crippen molar-refractivity contribution < 1.29 is 0 Å². The first-order valence-electron chi connectivity index (χ1n) is 5.98. The molecular formula is C11H23N3. The fraction of sp³-hybridized carbons (Fsp3) is 1.00. The maximum Gasteiger partial charge on any atom is 0.0107 e. The number of nitrogens with zero attached hydrogens (tertiary/aromatic N) is 1. The molecule has 2 aliphatic heterocycles. The highest BCUT2D eigenvalue weighted by molar-refractivity contribution is 4.78. The zero-order chi connectivity index (χ0) is 9.80. The van der Waals surface area contributed by atoms with Gasteiger partial charge in [0.25, 0.3) is 0 Å². The minimum atomic E-state index is 0.812. The Morgan fingerprint density at radius 1 is 1.21 bits per heavy atom. The van der Waals surface area contributed by atoms with Crippen molar-refractivity contribution in [2.75, 3.05) is 45.8 Å². The van der Waals surface area contributed by atoms with E-state index in [1.54, 1.807) is 0 Å². The third kappa shape index (κ3) is 2.94. The Hall–Kier alpha value is -0.120. The van der Waals surface area contributed by atoms with Gasteiger partial charge in [0, 0.05) is 26.2 Å².